The lowest BCUT2D eigenvalue weighted by Crippen LogP contribution is -2.19. The average Bonchev–Trinajstić information content (AvgIpc) is 2.91. The molecule has 0 bridgehead atoms. The van der Waals surface area contributed by atoms with Crippen LogP contribution in [0.1, 0.15) is 5.56 Å². The molecule has 0 N–H and O–H groups in total. The minimum Gasteiger partial charge on any atom is -0.318 e. The number of nitro groups is 1. The van der Waals surface area contributed by atoms with Crippen LogP contribution in [0.2, 0.25) is 5.02 Å². The number of nitrogens with zero attached hydrogens (tertiary/aromatic N) is 3. The van der Waals surface area contributed by atoms with E-state index >= 15 is 0 Å². The number of hydrogen-bond acceptors (Lipinski definition) is 5. The third-order valence-electron chi connectivity index (χ3n) is 2.81. The van der Waals surface area contributed by atoms with Gasteiger partial charge in [-0.2, -0.15) is 0 Å². The van der Waals surface area contributed by atoms with E-state index in [1.165, 1.54) is 6.07 Å². The average molecular weight is 282 g/mol. The van der Waals surface area contributed by atoms with Gasteiger partial charge in [0.05, 0.1) is 17.2 Å². The van der Waals surface area contributed by atoms with Gasteiger partial charge < -0.3 is 4.90 Å². The molecule has 0 spiro atoms. The maximum Gasteiger partial charge on any atom is 0.288 e. The van der Waals surface area contributed by atoms with Crippen LogP contribution < -0.4 is 0 Å². The smallest absolute Gasteiger partial charge is 0.288 e. The van der Waals surface area contributed by atoms with Gasteiger partial charge in [0.1, 0.15) is 5.02 Å². The van der Waals surface area contributed by atoms with E-state index in [2.05, 4.69) is 9.89 Å². The summed E-state index contributed by atoms with van der Waals surface area (Å²) in [6.07, 6.45) is 0. The second-order valence-electron chi connectivity index (χ2n) is 3.86. The van der Waals surface area contributed by atoms with Crippen molar-refractivity contribution in [3.05, 3.63) is 44.3 Å². The number of amidine groups is 1. The van der Waals surface area contributed by atoms with Gasteiger partial charge in [-0.3, -0.25) is 15.1 Å². The largest absolute Gasteiger partial charge is 0.318 e. The molecule has 0 fully saturated rings. The Labute approximate surface area is 112 Å². The molecule has 0 atom stereocenters. The van der Waals surface area contributed by atoms with Crippen molar-refractivity contribution >= 4 is 39.9 Å². The predicted molar refractivity (Wildman–Crippen MR) is 72.7 cm³/mol. The molecule has 0 aromatic heterocycles. The molecular weight excluding hydrogens is 274 g/mol. The number of fused-ring (bicyclic) bond motifs is 1. The van der Waals surface area contributed by atoms with Crippen LogP contribution in [-0.2, 0) is 0 Å². The normalized spacial score (nSPS) is 17.5. The standard InChI is InChI=1S/C11H8ClN3O2S/c12-8-2-1-7(5-9(8)15(16)17)10-6-18-11-13-3-4-14(10)11/h1-2,5-6H,3-4H2. The van der Waals surface area contributed by atoms with Crippen molar-refractivity contribution in [1.29, 1.82) is 0 Å². The van der Waals surface area contributed by atoms with Crippen molar-refractivity contribution < 1.29 is 4.92 Å². The highest BCUT2D eigenvalue weighted by molar-refractivity contribution is 8.16. The molecular formula is C11H8ClN3O2S. The van der Waals surface area contributed by atoms with Crippen LogP contribution >= 0.6 is 23.4 Å². The number of rotatable bonds is 2. The molecule has 2 heterocycles. The molecule has 2 aliphatic heterocycles. The first-order valence-corrected chi connectivity index (χ1v) is 6.56. The van der Waals surface area contributed by atoms with Gasteiger partial charge in [0.25, 0.3) is 5.69 Å². The van der Waals surface area contributed by atoms with E-state index in [1.54, 1.807) is 23.9 Å². The topological polar surface area (TPSA) is 58.7 Å². The predicted octanol–water partition coefficient (Wildman–Crippen LogP) is 2.97. The Hall–Kier alpha value is -1.53. The summed E-state index contributed by atoms with van der Waals surface area (Å²) in [6, 6.07) is 4.87. The summed E-state index contributed by atoms with van der Waals surface area (Å²) in [4.78, 5) is 16.8. The molecule has 0 unspecified atom stereocenters. The molecule has 1 aromatic rings. The lowest BCUT2D eigenvalue weighted by atomic mass is 10.1. The van der Waals surface area contributed by atoms with E-state index in [4.69, 9.17) is 11.6 Å². The van der Waals surface area contributed by atoms with Gasteiger partial charge in [0.15, 0.2) is 5.17 Å². The van der Waals surface area contributed by atoms with Gasteiger partial charge in [-0.15, -0.1) is 0 Å². The van der Waals surface area contributed by atoms with Crippen LogP contribution in [0, 0.1) is 10.1 Å². The summed E-state index contributed by atoms with van der Waals surface area (Å²) in [5, 5.41) is 14.0. The van der Waals surface area contributed by atoms with Crippen molar-refractivity contribution in [3.8, 4) is 0 Å². The van der Waals surface area contributed by atoms with E-state index < -0.39 is 4.92 Å². The van der Waals surface area contributed by atoms with E-state index in [1.807, 2.05) is 5.41 Å². The molecule has 18 heavy (non-hydrogen) atoms. The molecule has 0 saturated heterocycles. The molecule has 5 nitrogen and oxygen atoms in total. The van der Waals surface area contributed by atoms with Crippen molar-refractivity contribution in [2.24, 2.45) is 4.99 Å². The monoisotopic (exact) mass is 281 g/mol. The minimum absolute atomic E-state index is 0.0651. The molecule has 2 aliphatic rings. The number of thioether (sulfide) groups is 1. The van der Waals surface area contributed by atoms with Gasteiger partial charge >= 0.3 is 0 Å². The van der Waals surface area contributed by atoms with Gasteiger partial charge in [-0.05, 0) is 6.07 Å². The van der Waals surface area contributed by atoms with Crippen LogP contribution in [0.3, 0.4) is 0 Å². The third kappa shape index (κ3) is 1.77. The highest BCUT2D eigenvalue weighted by atomic mass is 35.5. The molecule has 0 saturated carbocycles. The minimum atomic E-state index is -0.465. The maximum absolute atomic E-state index is 10.9. The summed E-state index contributed by atoms with van der Waals surface area (Å²) in [7, 11) is 0. The number of nitro benzene ring substituents is 1. The molecule has 0 aliphatic carbocycles. The van der Waals surface area contributed by atoms with Gasteiger partial charge in [0.2, 0.25) is 0 Å². The maximum atomic E-state index is 10.9. The summed E-state index contributed by atoms with van der Waals surface area (Å²) < 4.78 is 0. The Morgan fingerprint density at radius 3 is 3.11 bits per heavy atom. The Bertz CT molecular complexity index is 600. The quantitative estimate of drug-likeness (QED) is 0.618. The van der Waals surface area contributed by atoms with E-state index in [0.717, 1.165) is 29.5 Å². The SMILES string of the molecule is O=[N+]([O-])c1cc(C2=CSC3=NCCN23)ccc1Cl. The van der Waals surface area contributed by atoms with Crippen LogP contribution in [0.5, 0.6) is 0 Å². The second-order valence-corrected chi connectivity index (χ2v) is 5.10. The van der Waals surface area contributed by atoms with Crippen LogP contribution in [0.15, 0.2) is 28.6 Å². The Kier molecular flexibility index (Phi) is 2.76. The number of aliphatic imine (C=N–C) groups is 1. The first-order chi connectivity index (χ1) is 8.66. The zero-order valence-corrected chi connectivity index (χ0v) is 10.7. The number of hydrogen-bond donors (Lipinski definition) is 0. The summed E-state index contributed by atoms with van der Waals surface area (Å²) >= 11 is 7.35. The molecule has 7 heteroatoms. The summed E-state index contributed by atoms with van der Waals surface area (Å²) in [5.74, 6) is 0. The first kappa shape index (κ1) is 11.6. The second kappa shape index (κ2) is 4.29. The highest BCUT2D eigenvalue weighted by Crippen LogP contribution is 2.37. The Balaban J connectivity index is 2.01. The molecule has 1 aromatic carbocycles. The van der Waals surface area contributed by atoms with E-state index in [0.29, 0.717) is 0 Å². The summed E-state index contributed by atoms with van der Waals surface area (Å²) in [6.45, 7) is 1.60. The van der Waals surface area contributed by atoms with Crippen molar-refractivity contribution in [2.75, 3.05) is 13.1 Å². The zero-order valence-electron chi connectivity index (χ0n) is 9.17. The Morgan fingerprint density at radius 1 is 1.50 bits per heavy atom. The molecule has 3 rings (SSSR count). The van der Waals surface area contributed by atoms with E-state index in [-0.39, 0.29) is 10.7 Å². The van der Waals surface area contributed by atoms with Gasteiger partial charge in [-0.1, -0.05) is 29.4 Å². The van der Waals surface area contributed by atoms with Gasteiger partial charge in [0, 0.05) is 23.6 Å². The van der Waals surface area contributed by atoms with E-state index in [9.17, 15) is 10.1 Å². The van der Waals surface area contributed by atoms with Crippen LogP contribution in [-0.4, -0.2) is 28.1 Å². The van der Waals surface area contributed by atoms with Gasteiger partial charge in [-0.25, -0.2) is 0 Å². The highest BCUT2D eigenvalue weighted by Gasteiger charge is 2.28. The molecule has 0 radical (unpaired) electrons. The zero-order chi connectivity index (χ0) is 12.7. The van der Waals surface area contributed by atoms with Crippen LogP contribution in [0.4, 0.5) is 5.69 Å². The fourth-order valence-electron chi connectivity index (χ4n) is 1.96. The Morgan fingerprint density at radius 2 is 2.33 bits per heavy atom. The fraction of sp³-hybridized carbons (Fsp3) is 0.182. The van der Waals surface area contributed by atoms with Crippen LogP contribution in [0.25, 0.3) is 5.70 Å². The third-order valence-corrected chi connectivity index (χ3v) is 4.03. The lowest BCUT2D eigenvalue weighted by Gasteiger charge is -2.16. The van der Waals surface area contributed by atoms with Crippen molar-refractivity contribution in [3.63, 3.8) is 0 Å². The van der Waals surface area contributed by atoms with Crippen molar-refractivity contribution in [2.45, 2.75) is 0 Å². The first-order valence-electron chi connectivity index (χ1n) is 5.30. The molecule has 92 valence electrons. The number of benzene rings is 1. The molecule has 0 amide bonds. The van der Waals surface area contributed by atoms with Crippen molar-refractivity contribution in [1.82, 2.24) is 4.90 Å². The lowest BCUT2D eigenvalue weighted by molar-refractivity contribution is -0.384. The number of halogens is 1. The fourth-order valence-corrected chi connectivity index (χ4v) is 3.11. The summed E-state index contributed by atoms with van der Waals surface area (Å²) in [5.41, 5.74) is 1.69.